The molecule has 1 amide bonds. The lowest BCUT2D eigenvalue weighted by atomic mass is 9.95. The third-order valence-corrected chi connectivity index (χ3v) is 4.24. The van der Waals surface area contributed by atoms with Crippen molar-refractivity contribution >= 4 is 29.1 Å². The van der Waals surface area contributed by atoms with Crippen molar-refractivity contribution in [2.45, 2.75) is 31.8 Å². The highest BCUT2D eigenvalue weighted by molar-refractivity contribution is 6.35. The SMILES string of the molecule is CN(Cc1ccc(Cl)cc1Cl)C(=O)C(C)(N)C1CC1. The van der Waals surface area contributed by atoms with E-state index >= 15 is 0 Å². The molecule has 2 N–H and O–H groups in total. The van der Waals surface area contributed by atoms with Gasteiger partial charge in [0.1, 0.15) is 0 Å². The van der Waals surface area contributed by atoms with Crippen LogP contribution in [0, 0.1) is 5.92 Å². The van der Waals surface area contributed by atoms with Gasteiger partial charge in [-0.05, 0) is 43.4 Å². The molecule has 0 radical (unpaired) electrons. The monoisotopic (exact) mass is 300 g/mol. The van der Waals surface area contributed by atoms with E-state index in [2.05, 4.69) is 0 Å². The summed E-state index contributed by atoms with van der Waals surface area (Å²) in [5, 5.41) is 1.15. The maximum atomic E-state index is 12.4. The van der Waals surface area contributed by atoms with Crippen molar-refractivity contribution in [1.82, 2.24) is 4.90 Å². The highest BCUT2D eigenvalue weighted by Gasteiger charge is 2.45. The van der Waals surface area contributed by atoms with Crippen LogP contribution in [-0.4, -0.2) is 23.4 Å². The van der Waals surface area contributed by atoms with Crippen molar-refractivity contribution < 1.29 is 4.79 Å². The first-order valence-electron chi connectivity index (χ1n) is 6.30. The third kappa shape index (κ3) is 3.22. The van der Waals surface area contributed by atoms with E-state index < -0.39 is 5.54 Å². The fraction of sp³-hybridized carbons (Fsp3) is 0.500. The van der Waals surface area contributed by atoms with Gasteiger partial charge in [-0.2, -0.15) is 0 Å². The summed E-state index contributed by atoms with van der Waals surface area (Å²) in [6, 6.07) is 5.28. The van der Waals surface area contributed by atoms with Crippen molar-refractivity contribution in [2.24, 2.45) is 11.7 Å². The second-order valence-corrected chi connectivity index (χ2v) is 6.30. The fourth-order valence-corrected chi connectivity index (χ4v) is 2.71. The van der Waals surface area contributed by atoms with Gasteiger partial charge in [0.25, 0.3) is 0 Å². The Kier molecular flexibility index (Phi) is 4.09. The predicted octanol–water partition coefficient (Wildman–Crippen LogP) is 3.08. The van der Waals surface area contributed by atoms with E-state index in [0.29, 0.717) is 22.5 Å². The molecule has 1 aromatic rings. The van der Waals surface area contributed by atoms with Crippen molar-refractivity contribution in [3.8, 4) is 0 Å². The lowest BCUT2D eigenvalue weighted by molar-refractivity contribution is -0.136. The molecule has 3 nitrogen and oxygen atoms in total. The van der Waals surface area contributed by atoms with Gasteiger partial charge in [0, 0.05) is 23.6 Å². The highest BCUT2D eigenvalue weighted by Crippen LogP contribution is 2.39. The van der Waals surface area contributed by atoms with Crippen LogP contribution in [0.5, 0.6) is 0 Å². The molecule has 0 bridgehead atoms. The Hall–Kier alpha value is -0.770. The summed E-state index contributed by atoms with van der Waals surface area (Å²) in [6.45, 7) is 2.25. The van der Waals surface area contributed by atoms with E-state index in [0.717, 1.165) is 18.4 Å². The molecule has 5 heteroatoms. The number of likely N-dealkylation sites (N-methyl/N-ethyl adjacent to an activating group) is 1. The first kappa shape index (κ1) is 14.6. The van der Waals surface area contributed by atoms with Crippen molar-refractivity contribution in [3.63, 3.8) is 0 Å². The van der Waals surface area contributed by atoms with Crippen LogP contribution >= 0.6 is 23.2 Å². The van der Waals surface area contributed by atoms with Crippen LogP contribution in [0.3, 0.4) is 0 Å². The number of nitrogens with two attached hydrogens (primary N) is 1. The molecule has 1 saturated carbocycles. The van der Waals surface area contributed by atoms with E-state index in [9.17, 15) is 4.79 Å². The summed E-state index contributed by atoms with van der Waals surface area (Å²) in [6.07, 6.45) is 2.07. The molecule has 0 saturated heterocycles. The Morgan fingerprint density at radius 1 is 1.47 bits per heavy atom. The molecule has 1 unspecified atom stereocenters. The molecular formula is C14H18Cl2N2O. The number of rotatable bonds is 4. The van der Waals surface area contributed by atoms with Crippen LogP contribution in [-0.2, 0) is 11.3 Å². The van der Waals surface area contributed by atoms with E-state index in [1.807, 2.05) is 13.0 Å². The highest BCUT2D eigenvalue weighted by atomic mass is 35.5. The smallest absolute Gasteiger partial charge is 0.242 e. The zero-order valence-electron chi connectivity index (χ0n) is 11.1. The van der Waals surface area contributed by atoms with Gasteiger partial charge >= 0.3 is 0 Å². The van der Waals surface area contributed by atoms with Crippen LogP contribution in [0.15, 0.2) is 18.2 Å². The van der Waals surface area contributed by atoms with Crippen molar-refractivity contribution in [3.05, 3.63) is 33.8 Å². The molecule has 0 aromatic heterocycles. The largest absolute Gasteiger partial charge is 0.340 e. The molecule has 1 fully saturated rings. The zero-order valence-corrected chi connectivity index (χ0v) is 12.6. The van der Waals surface area contributed by atoms with Crippen LogP contribution in [0.25, 0.3) is 0 Å². The topological polar surface area (TPSA) is 46.3 Å². The van der Waals surface area contributed by atoms with Gasteiger partial charge in [0.05, 0.1) is 5.54 Å². The van der Waals surface area contributed by atoms with Crippen LogP contribution in [0.4, 0.5) is 0 Å². The maximum Gasteiger partial charge on any atom is 0.242 e. The quantitative estimate of drug-likeness (QED) is 0.929. The Morgan fingerprint density at radius 3 is 2.63 bits per heavy atom. The normalized spacial score (nSPS) is 17.9. The number of carbonyl (C=O) groups excluding carboxylic acids is 1. The van der Waals surface area contributed by atoms with Gasteiger partial charge in [0.2, 0.25) is 5.91 Å². The third-order valence-electron chi connectivity index (χ3n) is 3.66. The van der Waals surface area contributed by atoms with E-state index in [-0.39, 0.29) is 5.91 Å². The molecule has 1 atom stereocenters. The molecular weight excluding hydrogens is 283 g/mol. The molecule has 1 aromatic carbocycles. The molecule has 0 heterocycles. The maximum absolute atomic E-state index is 12.4. The van der Waals surface area contributed by atoms with Gasteiger partial charge in [0.15, 0.2) is 0 Å². The number of nitrogens with zero attached hydrogens (tertiary/aromatic N) is 1. The number of hydrogen-bond donors (Lipinski definition) is 1. The van der Waals surface area contributed by atoms with Crippen LogP contribution in [0.1, 0.15) is 25.3 Å². The number of carbonyl (C=O) groups is 1. The lowest BCUT2D eigenvalue weighted by Gasteiger charge is -2.29. The second kappa shape index (κ2) is 5.31. The minimum absolute atomic E-state index is 0.0407. The van der Waals surface area contributed by atoms with Gasteiger partial charge in [-0.25, -0.2) is 0 Å². The molecule has 0 spiro atoms. The zero-order chi connectivity index (χ0) is 14.2. The van der Waals surface area contributed by atoms with Crippen LogP contribution in [0.2, 0.25) is 10.0 Å². The average Bonchev–Trinajstić information content (AvgIpc) is 3.15. The van der Waals surface area contributed by atoms with Gasteiger partial charge < -0.3 is 10.6 Å². The van der Waals surface area contributed by atoms with Gasteiger partial charge in [-0.15, -0.1) is 0 Å². The van der Waals surface area contributed by atoms with Crippen molar-refractivity contribution in [1.29, 1.82) is 0 Å². The molecule has 1 aliphatic carbocycles. The lowest BCUT2D eigenvalue weighted by Crippen LogP contribution is -2.53. The van der Waals surface area contributed by atoms with Crippen LogP contribution < -0.4 is 5.73 Å². The molecule has 0 aliphatic heterocycles. The van der Waals surface area contributed by atoms with Gasteiger partial charge in [-0.1, -0.05) is 29.3 Å². The Morgan fingerprint density at radius 2 is 2.11 bits per heavy atom. The molecule has 19 heavy (non-hydrogen) atoms. The standard InChI is InChI=1S/C14H18Cl2N2O/c1-14(17,10-4-5-10)13(19)18(2)8-9-3-6-11(15)7-12(9)16/h3,6-7,10H,4-5,8,17H2,1-2H3. The first-order valence-corrected chi connectivity index (χ1v) is 7.06. The summed E-state index contributed by atoms with van der Waals surface area (Å²) < 4.78 is 0. The number of halogens is 2. The Labute approximate surface area is 123 Å². The average molecular weight is 301 g/mol. The summed E-state index contributed by atoms with van der Waals surface area (Å²) in [4.78, 5) is 14.0. The van der Waals surface area contributed by atoms with E-state index in [4.69, 9.17) is 28.9 Å². The van der Waals surface area contributed by atoms with E-state index in [1.165, 1.54) is 0 Å². The predicted molar refractivity (Wildman–Crippen MR) is 78.3 cm³/mol. The molecule has 2 rings (SSSR count). The summed E-state index contributed by atoms with van der Waals surface area (Å²) >= 11 is 12.0. The Bertz CT molecular complexity index is 498. The fourth-order valence-electron chi connectivity index (χ4n) is 2.25. The minimum atomic E-state index is -0.770. The summed E-state index contributed by atoms with van der Waals surface area (Å²) in [5.74, 6) is 0.268. The van der Waals surface area contributed by atoms with E-state index in [1.54, 1.807) is 24.1 Å². The minimum Gasteiger partial charge on any atom is -0.340 e. The second-order valence-electron chi connectivity index (χ2n) is 5.45. The molecule has 104 valence electrons. The van der Waals surface area contributed by atoms with Gasteiger partial charge in [-0.3, -0.25) is 4.79 Å². The Balaban J connectivity index is 2.08. The number of benzene rings is 1. The summed E-state index contributed by atoms with van der Waals surface area (Å²) in [7, 11) is 1.75. The molecule has 1 aliphatic rings. The number of amides is 1. The summed E-state index contributed by atoms with van der Waals surface area (Å²) in [5.41, 5.74) is 6.24. The first-order chi connectivity index (χ1) is 8.82. The number of hydrogen-bond acceptors (Lipinski definition) is 2. The van der Waals surface area contributed by atoms with Crippen molar-refractivity contribution in [2.75, 3.05) is 7.05 Å².